The molecule has 194 valence electrons. The molecule has 0 spiro atoms. The molecule has 1 aromatic heterocycles. The van der Waals surface area contributed by atoms with Gasteiger partial charge in [-0.15, -0.1) is 0 Å². The van der Waals surface area contributed by atoms with E-state index in [2.05, 4.69) is 23.8 Å². The largest absolute Gasteiger partial charge is 0.427 e. The second kappa shape index (κ2) is 19.0. The monoisotopic (exact) mass is 480 g/mol. The predicted octanol–water partition coefficient (Wildman–Crippen LogP) is 9.26. The maximum atomic E-state index is 12.1. The van der Waals surface area contributed by atoms with Gasteiger partial charge < -0.3 is 4.74 Å². The van der Waals surface area contributed by atoms with Crippen molar-refractivity contribution in [3.63, 3.8) is 0 Å². The summed E-state index contributed by atoms with van der Waals surface area (Å²) in [5.74, 6) is 1.15. The van der Waals surface area contributed by atoms with Gasteiger partial charge >= 0.3 is 5.97 Å². The summed E-state index contributed by atoms with van der Waals surface area (Å²) in [7, 11) is 0. The molecule has 4 heteroatoms. The third kappa shape index (κ3) is 13.4. The average molecular weight is 481 g/mol. The molecular weight excluding hydrogens is 432 g/mol. The van der Waals surface area contributed by atoms with Gasteiger partial charge in [-0.25, -0.2) is 9.97 Å². The number of aryl methyl sites for hydroxylation is 1. The number of nitrogens with zero attached hydrogens (tertiary/aromatic N) is 2. The van der Waals surface area contributed by atoms with E-state index >= 15 is 0 Å². The number of hydrogen-bond acceptors (Lipinski definition) is 4. The normalized spacial score (nSPS) is 11.0. The van der Waals surface area contributed by atoms with Gasteiger partial charge in [0, 0.05) is 24.4 Å². The van der Waals surface area contributed by atoms with Crippen LogP contribution in [-0.4, -0.2) is 15.9 Å². The first-order valence-corrected chi connectivity index (χ1v) is 14.3. The lowest BCUT2D eigenvalue weighted by Crippen LogP contribution is -2.07. The highest BCUT2D eigenvalue weighted by Gasteiger charge is 2.07. The highest BCUT2D eigenvalue weighted by Crippen LogP contribution is 2.20. The number of ether oxygens (including phenoxy) is 1. The number of unbranched alkanes of at least 4 members (excludes halogenated alkanes) is 14. The van der Waals surface area contributed by atoms with Gasteiger partial charge in [0.1, 0.15) is 5.75 Å². The Bertz CT molecular complexity index is 787. The summed E-state index contributed by atoms with van der Waals surface area (Å²) < 4.78 is 5.50. The van der Waals surface area contributed by atoms with E-state index in [0.717, 1.165) is 24.8 Å². The summed E-state index contributed by atoms with van der Waals surface area (Å²) in [5, 5.41) is 0. The van der Waals surface area contributed by atoms with Crippen LogP contribution in [0.4, 0.5) is 0 Å². The van der Waals surface area contributed by atoms with Crippen molar-refractivity contribution in [3.05, 3.63) is 42.2 Å². The molecule has 0 aliphatic heterocycles. The maximum absolute atomic E-state index is 12.1. The van der Waals surface area contributed by atoms with E-state index in [9.17, 15) is 4.79 Å². The average Bonchev–Trinajstić information content (AvgIpc) is 2.88. The molecule has 0 fully saturated rings. The molecule has 0 N–H and O–H groups in total. The lowest BCUT2D eigenvalue weighted by Gasteiger charge is -2.06. The number of aromatic nitrogens is 2. The summed E-state index contributed by atoms with van der Waals surface area (Å²) in [6, 6.07) is 7.51. The van der Waals surface area contributed by atoms with E-state index in [-0.39, 0.29) is 5.97 Å². The van der Waals surface area contributed by atoms with Gasteiger partial charge in [-0.2, -0.15) is 0 Å². The molecule has 0 aliphatic carbocycles. The molecule has 1 heterocycles. The molecule has 0 atom stereocenters. The van der Waals surface area contributed by atoms with Crippen LogP contribution >= 0.6 is 0 Å². The molecule has 4 nitrogen and oxygen atoms in total. The Kier molecular flexibility index (Phi) is 15.8. The predicted molar refractivity (Wildman–Crippen MR) is 147 cm³/mol. The Hall–Kier alpha value is -2.23. The minimum Gasteiger partial charge on any atom is -0.427 e. The van der Waals surface area contributed by atoms with E-state index in [1.54, 1.807) is 0 Å². The quantitative estimate of drug-likeness (QED) is 0.108. The minimum atomic E-state index is -0.148. The van der Waals surface area contributed by atoms with Crippen molar-refractivity contribution >= 4 is 5.97 Å². The third-order valence-corrected chi connectivity index (χ3v) is 6.60. The van der Waals surface area contributed by atoms with Crippen molar-refractivity contribution in [1.29, 1.82) is 0 Å². The fourth-order valence-corrected chi connectivity index (χ4v) is 4.35. The zero-order valence-corrected chi connectivity index (χ0v) is 22.4. The number of benzene rings is 1. The van der Waals surface area contributed by atoms with Crippen LogP contribution < -0.4 is 4.74 Å². The molecule has 1 aromatic carbocycles. The molecule has 0 unspecified atom stereocenters. The van der Waals surface area contributed by atoms with Crippen LogP contribution in [0, 0.1) is 0 Å². The lowest BCUT2D eigenvalue weighted by molar-refractivity contribution is -0.134. The number of hydrogen-bond donors (Lipinski definition) is 0. The van der Waals surface area contributed by atoms with Gasteiger partial charge in [-0.3, -0.25) is 4.79 Å². The van der Waals surface area contributed by atoms with E-state index < -0.39 is 0 Å². The molecular formula is C31H48N2O2. The SMILES string of the molecule is CCCCCCCCCCC(=O)Oc1ccc(-c2ncc(CCCCCCCCCC)cn2)cc1. The fourth-order valence-electron chi connectivity index (χ4n) is 4.35. The topological polar surface area (TPSA) is 52.1 Å². The summed E-state index contributed by atoms with van der Waals surface area (Å²) in [5.41, 5.74) is 2.14. The molecule has 0 aliphatic rings. The molecule has 0 bridgehead atoms. The molecule has 0 saturated carbocycles. The zero-order chi connectivity index (χ0) is 25.0. The van der Waals surface area contributed by atoms with E-state index in [1.165, 1.54) is 95.5 Å². The van der Waals surface area contributed by atoms with E-state index in [0.29, 0.717) is 18.0 Å². The minimum absolute atomic E-state index is 0.148. The van der Waals surface area contributed by atoms with Crippen molar-refractivity contribution in [1.82, 2.24) is 9.97 Å². The van der Waals surface area contributed by atoms with E-state index in [4.69, 9.17) is 4.74 Å². The van der Waals surface area contributed by atoms with Gasteiger partial charge in [0.2, 0.25) is 0 Å². The summed E-state index contributed by atoms with van der Waals surface area (Å²) in [6.07, 6.45) is 25.8. The van der Waals surface area contributed by atoms with Crippen LogP contribution in [-0.2, 0) is 11.2 Å². The Morgan fingerprint density at radius 2 is 1.14 bits per heavy atom. The summed E-state index contributed by atoms with van der Waals surface area (Å²) >= 11 is 0. The molecule has 2 aromatic rings. The van der Waals surface area contributed by atoms with Crippen LogP contribution in [0.5, 0.6) is 5.75 Å². The Morgan fingerprint density at radius 3 is 1.69 bits per heavy atom. The molecule has 0 amide bonds. The number of rotatable bonds is 20. The van der Waals surface area contributed by atoms with Crippen molar-refractivity contribution in [2.24, 2.45) is 0 Å². The Labute approximate surface area is 214 Å². The van der Waals surface area contributed by atoms with Gasteiger partial charge in [0.15, 0.2) is 5.82 Å². The first-order chi connectivity index (χ1) is 17.2. The smallest absolute Gasteiger partial charge is 0.311 e. The van der Waals surface area contributed by atoms with Crippen LogP contribution in [0.3, 0.4) is 0 Å². The Morgan fingerprint density at radius 1 is 0.657 bits per heavy atom. The second-order valence-electron chi connectivity index (χ2n) is 9.86. The molecule has 2 rings (SSSR count). The molecule has 0 radical (unpaired) electrons. The van der Waals surface area contributed by atoms with Crippen LogP contribution in [0.15, 0.2) is 36.7 Å². The van der Waals surface area contributed by atoms with Crippen LogP contribution in [0.1, 0.15) is 129 Å². The second-order valence-corrected chi connectivity index (χ2v) is 9.86. The van der Waals surface area contributed by atoms with Gasteiger partial charge in [-0.1, -0.05) is 104 Å². The maximum Gasteiger partial charge on any atom is 0.311 e. The molecule has 35 heavy (non-hydrogen) atoms. The van der Waals surface area contributed by atoms with Crippen molar-refractivity contribution in [2.45, 2.75) is 129 Å². The van der Waals surface area contributed by atoms with Crippen molar-refractivity contribution in [2.75, 3.05) is 0 Å². The van der Waals surface area contributed by atoms with Crippen molar-refractivity contribution in [3.8, 4) is 17.1 Å². The fraction of sp³-hybridized carbons (Fsp3) is 0.645. The first-order valence-electron chi connectivity index (χ1n) is 14.3. The number of esters is 1. The highest BCUT2D eigenvalue weighted by atomic mass is 16.5. The standard InChI is InChI=1S/C31H48N2O2/c1-3-5-7-9-11-13-15-17-19-27-25-32-31(33-26-27)28-21-23-29(24-22-28)35-30(34)20-18-16-14-12-10-8-6-4-2/h21-26H,3-20H2,1-2H3. The summed E-state index contributed by atoms with van der Waals surface area (Å²) in [6.45, 7) is 4.50. The van der Waals surface area contributed by atoms with Crippen LogP contribution in [0.2, 0.25) is 0 Å². The van der Waals surface area contributed by atoms with Gasteiger partial charge in [-0.05, 0) is 49.1 Å². The summed E-state index contributed by atoms with van der Waals surface area (Å²) in [4.78, 5) is 21.2. The van der Waals surface area contributed by atoms with Crippen LogP contribution in [0.25, 0.3) is 11.4 Å². The highest BCUT2D eigenvalue weighted by molar-refractivity contribution is 5.72. The zero-order valence-electron chi connectivity index (χ0n) is 22.4. The number of carbonyl (C=O) groups excluding carboxylic acids is 1. The van der Waals surface area contributed by atoms with Gasteiger partial charge in [0.05, 0.1) is 0 Å². The first kappa shape index (κ1) is 29.0. The van der Waals surface area contributed by atoms with Gasteiger partial charge in [0.25, 0.3) is 0 Å². The third-order valence-electron chi connectivity index (χ3n) is 6.60. The Balaban J connectivity index is 1.62. The lowest BCUT2D eigenvalue weighted by atomic mass is 10.1. The molecule has 0 saturated heterocycles. The number of carbonyl (C=O) groups is 1. The van der Waals surface area contributed by atoms with Crippen molar-refractivity contribution < 1.29 is 9.53 Å². The van der Waals surface area contributed by atoms with E-state index in [1.807, 2.05) is 36.7 Å².